The van der Waals surface area contributed by atoms with Crippen molar-refractivity contribution in [3.05, 3.63) is 194 Å². The van der Waals surface area contributed by atoms with E-state index >= 15 is 0 Å². The number of para-hydroxylation sites is 2. The minimum Gasteiger partial charge on any atom is -0.309 e. The summed E-state index contributed by atoms with van der Waals surface area (Å²) in [7, 11) is 0. The first-order valence-corrected chi connectivity index (χ1v) is 18.7. The van der Waals surface area contributed by atoms with Gasteiger partial charge in [-0.25, -0.2) is 0 Å². The maximum atomic E-state index is 2.49. The fourth-order valence-corrected chi connectivity index (χ4v) is 9.27. The van der Waals surface area contributed by atoms with Crippen LogP contribution in [0, 0.1) is 0 Å². The second-order valence-corrected chi connectivity index (χ2v) is 14.5. The molecular formula is C52H32N2. The van der Waals surface area contributed by atoms with Crippen LogP contribution in [-0.4, -0.2) is 9.13 Å². The zero-order chi connectivity index (χ0) is 35.3. The molecule has 12 rings (SSSR count). The lowest BCUT2D eigenvalue weighted by Crippen LogP contribution is -1.96. The Labute approximate surface area is 312 Å². The molecule has 0 saturated heterocycles. The van der Waals surface area contributed by atoms with Crippen molar-refractivity contribution >= 4 is 54.4 Å². The molecule has 250 valence electrons. The molecule has 0 unspecified atom stereocenters. The maximum absolute atomic E-state index is 2.49. The van der Waals surface area contributed by atoms with E-state index in [1.165, 1.54) is 110 Å². The Kier molecular flexibility index (Phi) is 6.09. The summed E-state index contributed by atoms with van der Waals surface area (Å²) in [5.41, 5.74) is 17.4. The summed E-state index contributed by atoms with van der Waals surface area (Å²) in [4.78, 5) is 0. The third-order valence-corrected chi connectivity index (χ3v) is 11.7. The molecule has 0 N–H and O–H groups in total. The number of rotatable bonds is 4. The van der Waals surface area contributed by atoms with Gasteiger partial charge in [0.25, 0.3) is 0 Å². The third kappa shape index (κ3) is 4.11. The third-order valence-electron chi connectivity index (χ3n) is 11.7. The van der Waals surface area contributed by atoms with Gasteiger partial charge in [0.1, 0.15) is 0 Å². The van der Waals surface area contributed by atoms with Gasteiger partial charge in [-0.1, -0.05) is 133 Å². The number of nitrogens with zero attached hydrogens (tertiary/aromatic N) is 2. The highest BCUT2D eigenvalue weighted by Crippen LogP contribution is 2.49. The van der Waals surface area contributed by atoms with Crippen molar-refractivity contribution in [1.29, 1.82) is 0 Å². The van der Waals surface area contributed by atoms with Gasteiger partial charge >= 0.3 is 0 Å². The summed E-state index contributed by atoms with van der Waals surface area (Å²) in [6, 6.07) is 71.5. The number of hydrogen-bond donors (Lipinski definition) is 0. The van der Waals surface area contributed by atoms with Gasteiger partial charge in [0.15, 0.2) is 0 Å². The number of aromatic nitrogens is 2. The highest BCUT2D eigenvalue weighted by atomic mass is 15.0. The van der Waals surface area contributed by atoms with Gasteiger partial charge in [-0.2, -0.15) is 0 Å². The Morgan fingerprint density at radius 1 is 0.259 bits per heavy atom. The van der Waals surface area contributed by atoms with Crippen LogP contribution < -0.4 is 0 Å². The molecule has 2 nitrogen and oxygen atoms in total. The quantitative estimate of drug-likeness (QED) is 0.175. The molecule has 54 heavy (non-hydrogen) atoms. The summed E-state index contributed by atoms with van der Waals surface area (Å²) in [5.74, 6) is 0. The summed E-state index contributed by atoms with van der Waals surface area (Å²) in [6.07, 6.45) is 0. The minimum absolute atomic E-state index is 1.17. The van der Waals surface area contributed by atoms with Crippen LogP contribution in [0.15, 0.2) is 194 Å². The standard InChI is InChI=1S/C52H32N2/c1-3-12-33(13-4-1)34-22-27-50-45(30-34)46-32-36(35-23-26-49-44(31-35)40-18-9-10-21-47(40)53(49)37-14-5-2-6-15-37)24-28-51(46)54(50)48-29-25-42-39-17-8-7-16-38(39)41-19-11-20-43(48)52(41)42/h1-32H. The average Bonchev–Trinajstić information content (AvgIpc) is 3.87. The highest BCUT2D eigenvalue weighted by molar-refractivity contribution is 6.19. The summed E-state index contributed by atoms with van der Waals surface area (Å²) < 4.78 is 4.87. The van der Waals surface area contributed by atoms with E-state index < -0.39 is 0 Å². The van der Waals surface area contributed by atoms with E-state index in [2.05, 4.69) is 203 Å². The molecule has 2 heterocycles. The van der Waals surface area contributed by atoms with E-state index in [-0.39, 0.29) is 0 Å². The molecule has 0 radical (unpaired) electrons. The van der Waals surface area contributed by atoms with Crippen molar-refractivity contribution < 1.29 is 0 Å². The van der Waals surface area contributed by atoms with Gasteiger partial charge in [-0.05, 0) is 111 Å². The number of benzene rings is 9. The van der Waals surface area contributed by atoms with Crippen molar-refractivity contribution in [2.24, 2.45) is 0 Å². The van der Waals surface area contributed by atoms with Gasteiger partial charge < -0.3 is 9.13 Å². The molecule has 0 bridgehead atoms. The minimum atomic E-state index is 1.17. The van der Waals surface area contributed by atoms with E-state index in [9.17, 15) is 0 Å². The summed E-state index contributed by atoms with van der Waals surface area (Å²) in [5, 5.41) is 7.63. The zero-order valence-corrected chi connectivity index (χ0v) is 29.4. The molecule has 9 aromatic carbocycles. The van der Waals surface area contributed by atoms with Crippen LogP contribution in [-0.2, 0) is 0 Å². The lowest BCUT2D eigenvalue weighted by molar-refractivity contribution is 1.18. The van der Waals surface area contributed by atoms with Crippen molar-refractivity contribution in [3.63, 3.8) is 0 Å². The van der Waals surface area contributed by atoms with Crippen molar-refractivity contribution in [3.8, 4) is 55.9 Å². The second-order valence-electron chi connectivity index (χ2n) is 14.5. The number of hydrogen-bond acceptors (Lipinski definition) is 0. The zero-order valence-electron chi connectivity index (χ0n) is 29.4. The summed E-state index contributed by atoms with van der Waals surface area (Å²) in [6.45, 7) is 0. The first-order chi connectivity index (χ1) is 26.8. The Bertz CT molecular complexity index is 3280. The molecule has 0 spiro atoms. The van der Waals surface area contributed by atoms with Crippen LogP contribution in [0.4, 0.5) is 0 Å². The van der Waals surface area contributed by atoms with Gasteiger partial charge in [0.05, 0.1) is 27.8 Å². The van der Waals surface area contributed by atoms with Crippen molar-refractivity contribution in [2.75, 3.05) is 0 Å². The monoisotopic (exact) mass is 684 g/mol. The van der Waals surface area contributed by atoms with Crippen LogP contribution in [0.1, 0.15) is 0 Å². The average molecular weight is 685 g/mol. The highest BCUT2D eigenvalue weighted by Gasteiger charge is 2.24. The molecule has 2 aromatic heterocycles. The molecule has 0 saturated carbocycles. The van der Waals surface area contributed by atoms with Gasteiger partial charge in [-0.3, -0.25) is 0 Å². The first-order valence-electron chi connectivity index (χ1n) is 18.7. The maximum Gasteiger partial charge on any atom is 0.0541 e. The lowest BCUT2D eigenvalue weighted by atomic mass is 9.99. The van der Waals surface area contributed by atoms with Gasteiger partial charge in [0.2, 0.25) is 0 Å². The van der Waals surface area contributed by atoms with E-state index in [1.54, 1.807) is 0 Å². The fraction of sp³-hybridized carbons (Fsp3) is 0. The normalized spacial score (nSPS) is 12.1. The smallest absolute Gasteiger partial charge is 0.0541 e. The molecule has 2 heteroatoms. The van der Waals surface area contributed by atoms with Crippen LogP contribution in [0.25, 0.3) is 110 Å². The van der Waals surface area contributed by atoms with E-state index in [0.717, 1.165) is 0 Å². The Balaban J connectivity index is 1.10. The molecular weight excluding hydrogens is 653 g/mol. The fourth-order valence-electron chi connectivity index (χ4n) is 9.27. The summed E-state index contributed by atoms with van der Waals surface area (Å²) >= 11 is 0. The SMILES string of the molecule is c1ccc(-c2ccc3c(c2)c2cc(-c4ccc5c(c4)c4ccccc4n5-c4ccccc4)ccc2n3-c2ccc3c4c(cccc24)-c2ccccc2-3)cc1. The topological polar surface area (TPSA) is 9.86 Å². The molecule has 0 amide bonds. The second kappa shape index (κ2) is 11.2. The van der Waals surface area contributed by atoms with E-state index in [1.807, 2.05) is 0 Å². The Morgan fingerprint density at radius 3 is 1.43 bits per heavy atom. The van der Waals surface area contributed by atoms with Crippen LogP contribution >= 0.6 is 0 Å². The predicted octanol–water partition coefficient (Wildman–Crippen LogP) is 14.0. The molecule has 1 aliphatic rings. The Hall–Kier alpha value is -7.16. The van der Waals surface area contributed by atoms with Crippen LogP contribution in [0.5, 0.6) is 0 Å². The lowest BCUT2D eigenvalue weighted by Gasteiger charge is -2.14. The Morgan fingerprint density at radius 2 is 0.741 bits per heavy atom. The molecule has 11 aromatic rings. The van der Waals surface area contributed by atoms with Gasteiger partial charge in [0, 0.05) is 32.6 Å². The van der Waals surface area contributed by atoms with Crippen molar-refractivity contribution in [1.82, 2.24) is 9.13 Å². The van der Waals surface area contributed by atoms with E-state index in [0.29, 0.717) is 0 Å². The van der Waals surface area contributed by atoms with Gasteiger partial charge in [-0.15, -0.1) is 0 Å². The predicted molar refractivity (Wildman–Crippen MR) is 228 cm³/mol. The largest absolute Gasteiger partial charge is 0.309 e. The van der Waals surface area contributed by atoms with Crippen molar-refractivity contribution in [2.45, 2.75) is 0 Å². The molecule has 0 atom stereocenters. The molecule has 0 fully saturated rings. The van der Waals surface area contributed by atoms with Crippen LogP contribution in [0.2, 0.25) is 0 Å². The molecule has 1 aliphatic carbocycles. The van der Waals surface area contributed by atoms with E-state index in [4.69, 9.17) is 0 Å². The first kappa shape index (κ1) is 29.4. The molecule has 0 aliphatic heterocycles. The van der Waals surface area contributed by atoms with Crippen LogP contribution in [0.3, 0.4) is 0 Å². The number of fused-ring (bicyclic) bond motifs is 9.